The molecular formula is C29H31ClFN5O2. The molecule has 1 saturated heterocycles. The van der Waals surface area contributed by atoms with Gasteiger partial charge in [0.25, 0.3) is 5.91 Å². The number of anilines is 2. The Bertz CT molecular complexity index is 1300. The fourth-order valence-electron chi connectivity index (χ4n) is 5.32. The molecule has 1 aliphatic heterocycles. The lowest BCUT2D eigenvalue weighted by molar-refractivity contribution is 0.0931. The summed E-state index contributed by atoms with van der Waals surface area (Å²) in [6.07, 6.45) is 8.29. The van der Waals surface area contributed by atoms with Crippen molar-refractivity contribution in [3.63, 3.8) is 0 Å². The minimum Gasteiger partial charge on any atom is -0.371 e. The monoisotopic (exact) mass is 535 g/mol. The van der Waals surface area contributed by atoms with Crippen LogP contribution in [-0.2, 0) is 6.42 Å². The maximum Gasteiger partial charge on any atom is 0.319 e. The average Bonchev–Trinajstić information content (AvgIpc) is 2.94. The molecule has 3 aromatic rings. The summed E-state index contributed by atoms with van der Waals surface area (Å²) in [6, 6.07) is 13.8. The molecule has 2 aliphatic rings. The number of aryl methyl sites for hydroxylation is 1. The van der Waals surface area contributed by atoms with Crippen LogP contribution in [0.2, 0.25) is 5.02 Å². The van der Waals surface area contributed by atoms with E-state index >= 15 is 0 Å². The minimum atomic E-state index is -0.535. The van der Waals surface area contributed by atoms with Crippen molar-refractivity contribution in [3.05, 3.63) is 88.5 Å². The molecule has 3 N–H and O–H groups in total. The zero-order valence-corrected chi connectivity index (χ0v) is 21.8. The second kappa shape index (κ2) is 11.8. The Morgan fingerprint density at radius 1 is 1.03 bits per heavy atom. The number of carbonyl (C=O) groups is 2. The van der Waals surface area contributed by atoms with E-state index in [-0.39, 0.29) is 28.9 Å². The highest BCUT2D eigenvalue weighted by atomic mass is 35.5. The number of urea groups is 1. The van der Waals surface area contributed by atoms with E-state index in [9.17, 15) is 14.0 Å². The summed E-state index contributed by atoms with van der Waals surface area (Å²) in [4.78, 5) is 32.0. The van der Waals surface area contributed by atoms with E-state index in [4.69, 9.17) is 11.6 Å². The lowest BCUT2D eigenvalue weighted by Crippen LogP contribution is -2.44. The molecule has 7 nitrogen and oxygen atoms in total. The van der Waals surface area contributed by atoms with Crippen molar-refractivity contribution in [1.82, 2.24) is 15.6 Å². The Hall–Kier alpha value is -3.65. The summed E-state index contributed by atoms with van der Waals surface area (Å²) in [6.45, 7) is 2.21. The third-order valence-corrected chi connectivity index (χ3v) is 7.68. The van der Waals surface area contributed by atoms with Gasteiger partial charge in [-0.2, -0.15) is 0 Å². The van der Waals surface area contributed by atoms with Gasteiger partial charge in [-0.3, -0.25) is 9.78 Å². The molecule has 2 aromatic carbocycles. The molecule has 1 fully saturated rings. The van der Waals surface area contributed by atoms with Gasteiger partial charge in [-0.05, 0) is 85.7 Å². The smallest absolute Gasteiger partial charge is 0.319 e. The van der Waals surface area contributed by atoms with Crippen LogP contribution in [0.25, 0.3) is 0 Å². The van der Waals surface area contributed by atoms with Gasteiger partial charge in [-0.15, -0.1) is 0 Å². The number of carbonyl (C=O) groups excluding carboxylic acids is 2. The zero-order chi connectivity index (χ0) is 26.5. The molecule has 198 valence electrons. The lowest BCUT2D eigenvalue weighted by atomic mass is 9.82. The predicted molar refractivity (Wildman–Crippen MR) is 147 cm³/mol. The lowest BCUT2D eigenvalue weighted by Gasteiger charge is -2.34. The topological polar surface area (TPSA) is 86.4 Å². The van der Waals surface area contributed by atoms with Gasteiger partial charge in [0.05, 0.1) is 5.02 Å². The van der Waals surface area contributed by atoms with Crippen LogP contribution in [0.15, 0.2) is 60.9 Å². The highest BCUT2D eigenvalue weighted by Gasteiger charge is 2.25. The number of hydrogen-bond acceptors (Lipinski definition) is 4. The zero-order valence-electron chi connectivity index (χ0n) is 21.1. The van der Waals surface area contributed by atoms with Gasteiger partial charge in [0.2, 0.25) is 0 Å². The third-order valence-electron chi connectivity index (χ3n) is 7.39. The molecule has 1 aromatic heterocycles. The van der Waals surface area contributed by atoms with Crippen LogP contribution in [0.3, 0.4) is 0 Å². The maximum absolute atomic E-state index is 13.4. The van der Waals surface area contributed by atoms with Crippen LogP contribution in [0.4, 0.5) is 20.6 Å². The first kappa shape index (κ1) is 26.0. The van der Waals surface area contributed by atoms with E-state index < -0.39 is 5.82 Å². The average molecular weight is 536 g/mol. The fourth-order valence-corrected chi connectivity index (χ4v) is 5.50. The second-order valence-corrected chi connectivity index (χ2v) is 10.3. The van der Waals surface area contributed by atoms with Crippen molar-refractivity contribution >= 4 is 34.9 Å². The van der Waals surface area contributed by atoms with Gasteiger partial charge in [0, 0.05) is 60.9 Å². The summed E-state index contributed by atoms with van der Waals surface area (Å²) in [5.41, 5.74) is 4.56. The van der Waals surface area contributed by atoms with E-state index in [2.05, 4.69) is 25.8 Å². The van der Waals surface area contributed by atoms with E-state index in [0.717, 1.165) is 56.4 Å². The number of aromatic nitrogens is 1. The van der Waals surface area contributed by atoms with Crippen LogP contribution < -0.4 is 20.9 Å². The number of halogens is 2. The summed E-state index contributed by atoms with van der Waals surface area (Å²) in [7, 11) is 0. The summed E-state index contributed by atoms with van der Waals surface area (Å²) >= 11 is 5.80. The Balaban J connectivity index is 1.17. The Morgan fingerprint density at radius 2 is 1.82 bits per heavy atom. The van der Waals surface area contributed by atoms with Crippen LogP contribution in [-0.4, -0.2) is 42.6 Å². The molecule has 1 atom stereocenters. The molecule has 38 heavy (non-hydrogen) atoms. The molecule has 0 bridgehead atoms. The number of fused-ring (bicyclic) bond motifs is 1. The number of nitrogens with zero attached hydrogens (tertiary/aromatic N) is 2. The molecule has 0 saturated carbocycles. The van der Waals surface area contributed by atoms with E-state index in [1.807, 2.05) is 30.3 Å². The number of hydrogen-bond donors (Lipinski definition) is 3. The Kier molecular flexibility index (Phi) is 8.08. The normalized spacial score (nSPS) is 17.4. The molecule has 0 spiro atoms. The number of rotatable bonds is 6. The quantitative estimate of drug-likeness (QED) is 0.388. The van der Waals surface area contributed by atoms with E-state index in [1.54, 1.807) is 12.4 Å². The van der Waals surface area contributed by atoms with Crippen molar-refractivity contribution in [2.24, 2.45) is 0 Å². The Morgan fingerprint density at radius 3 is 2.58 bits per heavy atom. The number of amides is 3. The van der Waals surface area contributed by atoms with E-state index in [0.29, 0.717) is 17.8 Å². The van der Waals surface area contributed by atoms with Gasteiger partial charge in [-0.1, -0.05) is 17.7 Å². The van der Waals surface area contributed by atoms with Crippen LogP contribution in [0.1, 0.15) is 53.1 Å². The number of benzene rings is 2. The molecule has 2 heterocycles. The SMILES string of the molecule is O=C(NCC1CCCc2ccc(C(=O)NC3CCN(c4ccncc4)CC3)cc21)Nc1ccc(F)c(Cl)c1. The van der Waals surface area contributed by atoms with Crippen molar-refractivity contribution in [3.8, 4) is 0 Å². The third kappa shape index (κ3) is 6.25. The number of piperidine rings is 1. The first-order valence-electron chi connectivity index (χ1n) is 13.0. The van der Waals surface area contributed by atoms with Gasteiger partial charge in [0.1, 0.15) is 5.82 Å². The van der Waals surface area contributed by atoms with Gasteiger partial charge < -0.3 is 20.9 Å². The van der Waals surface area contributed by atoms with Crippen LogP contribution >= 0.6 is 11.6 Å². The first-order chi connectivity index (χ1) is 18.5. The fraction of sp³-hybridized carbons (Fsp3) is 0.345. The van der Waals surface area contributed by atoms with E-state index in [1.165, 1.54) is 23.8 Å². The second-order valence-electron chi connectivity index (χ2n) is 9.91. The molecule has 1 unspecified atom stereocenters. The maximum atomic E-state index is 13.4. The summed E-state index contributed by atoms with van der Waals surface area (Å²) in [5.74, 6) is -0.484. The largest absolute Gasteiger partial charge is 0.371 e. The minimum absolute atomic E-state index is 0.0471. The molecule has 0 radical (unpaired) electrons. The van der Waals surface area contributed by atoms with Crippen LogP contribution in [0.5, 0.6) is 0 Å². The Labute approximate surface area is 226 Å². The van der Waals surface area contributed by atoms with Crippen LogP contribution in [0, 0.1) is 5.82 Å². The molecular weight excluding hydrogens is 505 g/mol. The predicted octanol–water partition coefficient (Wildman–Crippen LogP) is 5.51. The van der Waals surface area contributed by atoms with Gasteiger partial charge in [0.15, 0.2) is 0 Å². The number of nitrogens with one attached hydrogen (secondary N) is 3. The molecule has 9 heteroatoms. The van der Waals surface area contributed by atoms with Crippen molar-refractivity contribution in [2.75, 3.05) is 29.9 Å². The summed E-state index contributed by atoms with van der Waals surface area (Å²) in [5, 5.41) is 8.77. The first-order valence-corrected chi connectivity index (χ1v) is 13.4. The number of pyridine rings is 1. The summed E-state index contributed by atoms with van der Waals surface area (Å²) < 4.78 is 13.4. The highest BCUT2D eigenvalue weighted by molar-refractivity contribution is 6.31. The molecule has 5 rings (SSSR count). The van der Waals surface area contributed by atoms with Crippen molar-refractivity contribution in [2.45, 2.75) is 44.1 Å². The standard InChI is InChI=1S/C29H31ClFN5O2/c30-26-17-23(6-7-27(26)31)35-29(38)33-18-21-3-1-2-19-4-5-20(16-25(19)21)28(37)34-22-10-14-36(15-11-22)24-8-12-32-13-9-24/h4-9,12-13,16-17,21-22H,1-3,10-11,14-15,18H2,(H,34,37)(H2,33,35,38). The van der Waals surface area contributed by atoms with Crippen molar-refractivity contribution in [1.29, 1.82) is 0 Å². The van der Waals surface area contributed by atoms with Gasteiger partial charge >= 0.3 is 6.03 Å². The highest BCUT2D eigenvalue weighted by Crippen LogP contribution is 2.32. The van der Waals surface area contributed by atoms with Crippen molar-refractivity contribution < 1.29 is 14.0 Å². The van der Waals surface area contributed by atoms with Gasteiger partial charge in [-0.25, -0.2) is 9.18 Å². The molecule has 1 aliphatic carbocycles. The molecule has 3 amide bonds.